The third-order valence-corrected chi connectivity index (χ3v) is 6.39. The Morgan fingerprint density at radius 2 is 2.17 bits per heavy atom. The maximum absolute atomic E-state index is 12.9. The molecule has 0 aliphatic carbocycles. The van der Waals surface area contributed by atoms with E-state index < -0.39 is 9.84 Å². The van der Waals surface area contributed by atoms with Crippen LogP contribution < -0.4 is 0 Å². The first kappa shape index (κ1) is 16.7. The van der Waals surface area contributed by atoms with E-state index in [0.717, 1.165) is 12.8 Å². The molecule has 3 rings (SSSR count). The van der Waals surface area contributed by atoms with Crippen LogP contribution in [0.3, 0.4) is 0 Å². The summed E-state index contributed by atoms with van der Waals surface area (Å²) in [6, 6.07) is 6.49. The zero-order valence-corrected chi connectivity index (χ0v) is 14.4. The molecule has 2 fully saturated rings. The lowest BCUT2D eigenvalue weighted by atomic mass is 10.1. The Balaban J connectivity index is 1.83. The van der Waals surface area contributed by atoms with E-state index in [9.17, 15) is 13.2 Å². The first-order valence-electron chi connectivity index (χ1n) is 7.83. The van der Waals surface area contributed by atoms with Crippen LogP contribution in [0.4, 0.5) is 0 Å². The molecule has 2 aliphatic heterocycles. The average Bonchev–Trinajstić information content (AvgIpc) is 3.13. The molecule has 23 heavy (non-hydrogen) atoms. The summed E-state index contributed by atoms with van der Waals surface area (Å²) in [5, 5.41) is 0.493. The van der Waals surface area contributed by atoms with Crippen LogP contribution >= 0.6 is 11.6 Å². The molecule has 2 saturated heterocycles. The molecule has 2 aliphatic rings. The molecule has 0 N–H and O–H groups in total. The minimum atomic E-state index is -3.06. The summed E-state index contributed by atoms with van der Waals surface area (Å²) in [5.41, 5.74) is 0.486. The molecule has 0 radical (unpaired) electrons. The summed E-state index contributed by atoms with van der Waals surface area (Å²) < 4.78 is 29.2. The Hall–Kier alpha value is -1.11. The van der Waals surface area contributed by atoms with Gasteiger partial charge in [0.05, 0.1) is 17.6 Å². The van der Waals surface area contributed by atoms with Crippen molar-refractivity contribution in [2.45, 2.75) is 31.4 Å². The van der Waals surface area contributed by atoms with E-state index in [0.29, 0.717) is 30.2 Å². The van der Waals surface area contributed by atoms with Gasteiger partial charge in [0, 0.05) is 29.8 Å². The highest BCUT2D eigenvalue weighted by Gasteiger charge is 2.36. The number of nitrogens with zero attached hydrogens (tertiary/aromatic N) is 1. The van der Waals surface area contributed by atoms with Crippen LogP contribution in [0.15, 0.2) is 24.3 Å². The van der Waals surface area contributed by atoms with Crippen LogP contribution in [0.1, 0.15) is 29.6 Å². The number of rotatable bonds is 4. The van der Waals surface area contributed by atoms with Crippen molar-refractivity contribution in [3.05, 3.63) is 34.9 Å². The summed E-state index contributed by atoms with van der Waals surface area (Å²) in [4.78, 5) is 14.6. The van der Waals surface area contributed by atoms with E-state index in [-0.39, 0.29) is 29.6 Å². The SMILES string of the molecule is O=C(c1cccc(Cl)c1)N(C[C@H]1CCCO1)[C@H]1CCS(=O)(=O)C1. The quantitative estimate of drug-likeness (QED) is 0.828. The molecule has 0 unspecified atom stereocenters. The highest BCUT2D eigenvalue weighted by atomic mass is 35.5. The number of hydrogen-bond acceptors (Lipinski definition) is 4. The van der Waals surface area contributed by atoms with Crippen LogP contribution in [0.25, 0.3) is 0 Å². The monoisotopic (exact) mass is 357 g/mol. The highest BCUT2D eigenvalue weighted by molar-refractivity contribution is 7.91. The van der Waals surface area contributed by atoms with Gasteiger partial charge in [-0.2, -0.15) is 0 Å². The third-order valence-electron chi connectivity index (χ3n) is 4.41. The zero-order chi connectivity index (χ0) is 16.4. The third kappa shape index (κ3) is 4.05. The minimum absolute atomic E-state index is 0.0126. The molecule has 0 saturated carbocycles. The predicted molar refractivity (Wildman–Crippen MR) is 88.5 cm³/mol. The molecule has 2 heterocycles. The van der Waals surface area contributed by atoms with Crippen LogP contribution in [0, 0.1) is 0 Å². The second-order valence-electron chi connectivity index (χ2n) is 6.16. The summed E-state index contributed by atoms with van der Waals surface area (Å²) in [7, 11) is -3.06. The van der Waals surface area contributed by atoms with Gasteiger partial charge in [-0.3, -0.25) is 4.79 Å². The standard InChI is InChI=1S/C16H20ClNO4S/c17-13-4-1-3-12(9-13)16(19)18(10-15-5-2-7-22-15)14-6-8-23(20,21)11-14/h1,3-4,9,14-15H,2,5-8,10-11H2/t14-,15+/m0/s1. The van der Waals surface area contributed by atoms with Crippen molar-refractivity contribution in [3.8, 4) is 0 Å². The Morgan fingerprint density at radius 1 is 1.35 bits per heavy atom. The summed E-state index contributed by atoms with van der Waals surface area (Å²) >= 11 is 5.98. The van der Waals surface area contributed by atoms with Crippen LogP contribution in [-0.2, 0) is 14.6 Å². The second-order valence-corrected chi connectivity index (χ2v) is 8.82. The Labute approximate surface area is 141 Å². The van der Waals surface area contributed by atoms with Gasteiger partial charge in [-0.15, -0.1) is 0 Å². The topological polar surface area (TPSA) is 63.7 Å². The first-order chi connectivity index (χ1) is 10.9. The molecule has 0 aromatic heterocycles. The van der Waals surface area contributed by atoms with Gasteiger partial charge in [0.2, 0.25) is 0 Å². The van der Waals surface area contributed by atoms with Crippen molar-refractivity contribution in [2.24, 2.45) is 0 Å². The fourth-order valence-corrected chi connectivity index (χ4v) is 5.14. The number of ether oxygens (including phenoxy) is 1. The van der Waals surface area contributed by atoms with E-state index in [4.69, 9.17) is 16.3 Å². The molecule has 7 heteroatoms. The van der Waals surface area contributed by atoms with E-state index in [1.54, 1.807) is 29.2 Å². The van der Waals surface area contributed by atoms with Crippen LogP contribution in [-0.4, -0.2) is 56.0 Å². The van der Waals surface area contributed by atoms with Crippen molar-refractivity contribution in [1.29, 1.82) is 0 Å². The van der Waals surface area contributed by atoms with Crippen molar-refractivity contribution in [2.75, 3.05) is 24.7 Å². The van der Waals surface area contributed by atoms with E-state index in [2.05, 4.69) is 0 Å². The molecule has 0 spiro atoms. The van der Waals surface area contributed by atoms with Gasteiger partial charge in [-0.25, -0.2) is 8.42 Å². The number of carbonyl (C=O) groups is 1. The number of hydrogen-bond donors (Lipinski definition) is 0. The molecule has 1 aromatic rings. The van der Waals surface area contributed by atoms with Crippen LogP contribution in [0.2, 0.25) is 5.02 Å². The molecule has 1 aromatic carbocycles. The number of halogens is 1. The maximum atomic E-state index is 12.9. The van der Waals surface area contributed by atoms with Gasteiger partial charge >= 0.3 is 0 Å². The van der Waals surface area contributed by atoms with Gasteiger partial charge in [0.1, 0.15) is 0 Å². The molecule has 0 bridgehead atoms. The number of amides is 1. The molecule has 126 valence electrons. The van der Waals surface area contributed by atoms with Gasteiger partial charge < -0.3 is 9.64 Å². The predicted octanol–water partition coefficient (Wildman–Crippen LogP) is 2.15. The average molecular weight is 358 g/mol. The number of benzene rings is 1. The summed E-state index contributed by atoms with van der Waals surface area (Å²) in [5.74, 6) is -0.000692. The molecule has 2 atom stereocenters. The number of sulfone groups is 1. The second kappa shape index (κ2) is 6.79. The molecular weight excluding hydrogens is 338 g/mol. The van der Waals surface area contributed by atoms with Gasteiger partial charge in [-0.05, 0) is 37.5 Å². The summed E-state index contributed by atoms with van der Waals surface area (Å²) in [6.45, 7) is 1.14. The Bertz CT molecular complexity index is 685. The fourth-order valence-electron chi connectivity index (χ4n) is 3.21. The Kier molecular flexibility index (Phi) is 4.94. The number of carbonyl (C=O) groups excluding carboxylic acids is 1. The molecule has 1 amide bonds. The van der Waals surface area contributed by atoms with Crippen molar-refractivity contribution >= 4 is 27.3 Å². The van der Waals surface area contributed by atoms with Gasteiger partial charge in [0.25, 0.3) is 5.91 Å². The lowest BCUT2D eigenvalue weighted by Gasteiger charge is -2.30. The van der Waals surface area contributed by atoms with Crippen LogP contribution in [0.5, 0.6) is 0 Å². The lowest BCUT2D eigenvalue weighted by Crippen LogP contribution is -2.45. The van der Waals surface area contributed by atoms with Crippen molar-refractivity contribution in [3.63, 3.8) is 0 Å². The smallest absolute Gasteiger partial charge is 0.254 e. The zero-order valence-electron chi connectivity index (χ0n) is 12.8. The van der Waals surface area contributed by atoms with E-state index in [1.165, 1.54) is 0 Å². The molecular formula is C16H20ClNO4S. The van der Waals surface area contributed by atoms with E-state index >= 15 is 0 Å². The van der Waals surface area contributed by atoms with Crippen molar-refractivity contribution in [1.82, 2.24) is 4.90 Å². The minimum Gasteiger partial charge on any atom is -0.376 e. The van der Waals surface area contributed by atoms with Crippen molar-refractivity contribution < 1.29 is 17.9 Å². The first-order valence-corrected chi connectivity index (χ1v) is 10.0. The normalized spacial score (nSPS) is 26.3. The maximum Gasteiger partial charge on any atom is 0.254 e. The molecule has 5 nitrogen and oxygen atoms in total. The van der Waals surface area contributed by atoms with E-state index in [1.807, 2.05) is 0 Å². The Morgan fingerprint density at radius 3 is 2.78 bits per heavy atom. The van der Waals surface area contributed by atoms with Gasteiger partial charge in [0.15, 0.2) is 9.84 Å². The fraction of sp³-hybridized carbons (Fsp3) is 0.562. The van der Waals surface area contributed by atoms with Gasteiger partial charge in [-0.1, -0.05) is 17.7 Å². The highest BCUT2D eigenvalue weighted by Crippen LogP contribution is 2.24. The summed E-state index contributed by atoms with van der Waals surface area (Å²) in [6.07, 6.45) is 2.36. The lowest BCUT2D eigenvalue weighted by molar-refractivity contribution is 0.0441. The largest absolute Gasteiger partial charge is 0.376 e.